The van der Waals surface area contributed by atoms with Crippen molar-refractivity contribution < 1.29 is 9.59 Å². The fraction of sp³-hybridized carbons (Fsp3) is 0.0833. The number of amides is 2. The van der Waals surface area contributed by atoms with Gasteiger partial charge >= 0.3 is 0 Å². The van der Waals surface area contributed by atoms with Gasteiger partial charge in [0.25, 0.3) is 11.8 Å². The van der Waals surface area contributed by atoms with E-state index in [9.17, 15) is 9.59 Å². The van der Waals surface area contributed by atoms with Crippen molar-refractivity contribution in [1.82, 2.24) is 10.2 Å². The van der Waals surface area contributed by atoms with E-state index in [0.29, 0.717) is 21.9 Å². The molecular formula is C24H20N4O2S2. The van der Waals surface area contributed by atoms with Crippen molar-refractivity contribution in [2.75, 3.05) is 10.6 Å². The maximum absolute atomic E-state index is 12.5. The lowest BCUT2D eigenvalue weighted by molar-refractivity contribution is 0.102. The Morgan fingerprint density at radius 3 is 2.06 bits per heavy atom. The van der Waals surface area contributed by atoms with Gasteiger partial charge in [0.15, 0.2) is 0 Å². The topological polar surface area (TPSA) is 84.0 Å². The number of hydrogen-bond acceptors (Lipinski definition) is 6. The van der Waals surface area contributed by atoms with Crippen LogP contribution < -0.4 is 10.6 Å². The van der Waals surface area contributed by atoms with E-state index < -0.39 is 0 Å². The van der Waals surface area contributed by atoms with Crippen LogP contribution in [0.25, 0.3) is 0 Å². The number of rotatable bonds is 8. The summed E-state index contributed by atoms with van der Waals surface area (Å²) in [4.78, 5) is 24.7. The van der Waals surface area contributed by atoms with Crippen LogP contribution in [0.4, 0.5) is 10.8 Å². The predicted octanol–water partition coefficient (Wildman–Crippen LogP) is 5.48. The number of carbonyl (C=O) groups is 2. The molecular weight excluding hydrogens is 440 g/mol. The van der Waals surface area contributed by atoms with Gasteiger partial charge < -0.3 is 5.32 Å². The average molecular weight is 461 g/mol. The van der Waals surface area contributed by atoms with Crippen LogP contribution in [0.1, 0.15) is 31.3 Å². The van der Waals surface area contributed by atoms with E-state index >= 15 is 0 Å². The van der Waals surface area contributed by atoms with Crippen molar-refractivity contribution in [2.24, 2.45) is 0 Å². The van der Waals surface area contributed by atoms with Crippen molar-refractivity contribution in [1.29, 1.82) is 0 Å². The average Bonchev–Trinajstić information content (AvgIpc) is 3.28. The zero-order valence-electron chi connectivity index (χ0n) is 17.0. The zero-order valence-corrected chi connectivity index (χ0v) is 18.7. The molecule has 0 aliphatic carbocycles. The quantitative estimate of drug-likeness (QED) is 0.364. The minimum atomic E-state index is -0.273. The first kappa shape index (κ1) is 21.7. The third-order valence-electron chi connectivity index (χ3n) is 4.47. The fourth-order valence-corrected chi connectivity index (χ4v) is 4.64. The smallest absolute Gasteiger partial charge is 0.257 e. The summed E-state index contributed by atoms with van der Waals surface area (Å²) in [7, 11) is 0. The van der Waals surface area contributed by atoms with E-state index in [2.05, 4.69) is 33.0 Å². The fourth-order valence-electron chi connectivity index (χ4n) is 2.86. The lowest BCUT2D eigenvalue weighted by Gasteiger charge is -2.06. The number of hydrogen-bond donors (Lipinski definition) is 2. The van der Waals surface area contributed by atoms with Crippen LogP contribution in [0.3, 0.4) is 0 Å². The van der Waals surface area contributed by atoms with Crippen molar-refractivity contribution in [2.45, 2.75) is 11.5 Å². The van der Waals surface area contributed by atoms with Crippen LogP contribution in [0, 0.1) is 0 Å². The van der Waals surface area contributed by atoms with Gasteiger partial charge in [0, 0.05) is 28.3 Å². The molecule has 0 unspecified atom stereocenters. The van der Waals surface area contributed by atoms with Crippen LogP contribution in [-0.2, 0) is 11.5 Å². The Balaban J connectivity index is 1.28. The Kier molecular flexibility index (Phi) is 7.27. The van der Waals surface area contributed by atoms with Crippen molar-refractivity contribution in [3.05, 3.63) is 107 Å². The molecule has 6 nitrogen and oxygen atoms in total. The number of aromatic nitrogens is 2. The van der Waals surface area contributed by atoms with Crippen LogP contribution >= 0.6 is 23.1 Å². The molecule has 1 aromatic heterocycles. The summed E-state index contributed by atoms with van der Waals surface area (Å²) >= 11 is 3.12. The molecule has 0 spiro atoms. The Morgan fingerprint density at radius 2 is 1.34 bits per heavy atom. The summed E-state index contributed by atoms with van der Waals surface area (Å²) in [6, 6.07) is 25.9. The first-order valence-electron chi connectivity index (χ1n) is 9.89. The number of anilines is 2. The minimum absolute atomic E-state index is 0.200. The van der Waals surface area contributed by atoms with Gasteiger partial charge in [-0.3, -0.25) is 14.9 Å². The zero-order chi connectivity index (χ0) is 22.2. The van der Waals surface area contributed by atoms with E-state index in [1.807, 2.05) is 36.4 Å². The number of carbonyl (C=O) groups excluding carboxylic acids is 2. The molecule has 1 heterocycles. The monoisotopic (exact) mass is 460 g/mol. The van der Waals surface area contributed by atoms with E-state index in [0.717, 1.165) is 16.5 Å². The maximum Gasteiger partial charge on any atom is 0.257 e. The van der Waals surface area contributed by atoms with Crippen LogP contribution in [0.2, 0.25) is 0 Å². The third-order valence-corrected chi connectivity index (χ3v) is 6.50. The van der Waals surface area contributed by atoms with Crippen LogP contribution in [-0.4, -0.2) is 22.0 Å². The molecule has 160 valence electrons. The molecule has 2 N–H and O–H groups in total. The van der Waals surface area contributed by atoms with Crippen molar-refractivity contribution in [3.8, 4) is 0 Å². The summed E-state index contributed by atoms with van der Waals surface area (Å²) in [5, 5.41) is 15.1. The van der Waals surface area contributed by atoms with Crippen molar-refractivity contribution in [3.63, 3.8) is 0 Å². The minimum Gasteiger partial charge on any atom is -0.322 e. The molecule has 0 aliphatic heterocycles. The van der Waals surface area contributed by atoms with Gasteiger partial charge in [0.2, 0.25) is 5.13 Å². The van der Waals surface area contributed by atoms with Gasteiger partial charge in [0.05, 0.1) is 0 Å². The SMILES string of the molecule is O=C(Nc1ccc(C(=O)Nc2nnc(CSCc3ccccc3)s2)cc1)c1ccccc1. The van der Waals surface area contributed by atoms with E-state index in [-0.39, 0.29) is 11.8 Å². The number of nitrogens with zero attached hydrogens (tertiary/aromatic N) is 2. The molecule has 0 atom stereocenters. The molecule has 32 heavy (non-hydrogen) atoms. The molecule has 0 fully saturated rings. The third kappa shape index (κ3) is 6.03. The molecule has 0 saturated heterocycles. The van der Waals surface area contributed by atoms with E-state index in [1.165, 1.54) is 16.9 Å². The normalized spacial score (nSPS) is 10.5. The van der Waals surface area contributed by atoms with Gasteiger partial charge in [-0.25, -0.2) is 0 Å². The summed E-state index contributed by atoms with van der Waals surface area (Å²) in [5.74, 6) is 1.16. The summed E-state index contributed by atoms with van der Waals surface area (Å²) in [6.45, 7) is 0. The standard InChI is InChI=1S/C24H20N4O2S2/c29-22(18-9-5-2-6-10-18)25-20-13-11-19(12-14-20)23(30)26-24-28-27-21(32-24)16-31-15-17-7-3-1-4-8-17/h1-14H,15-16H2,(H,25,29)(H,26,28,30). The van der Waals surface area contributed by atoms with Gasteiger partial charge in [-0.2, -0.15) is 0 Å². The summed E-state index contributed by atoms with van der Waals surface area (Å²) in [5.41, 5.74) is 2.92. The molecule has 4 rings (SSSR count). The highest BCUT2D eigenvalue weighted by molar-refractivity contribution is 7.97. The second-order valence-corrected chi connectivity index (χ2v) is 8.88. The van der Waals surface area contributed by atoms with E-state index in [4.69, 9.17) is 0 Å². The molecule has 0 saturated carbocycles. The highest BCUT2D eigenvalue weighted by Gasteiger charge is 2.11. The molecule has 0 bridgehead atoms. The van der Waals surface area contributed by atoms with Gasteiger partial charge in [-0.15, -0.1) is 22.0 Å². The first-order valence-corrected chi connectivity index (χ1v) is 11.9. The molecule has 0 aliphatic rings. The molecule has 3 aromatic carbocycles. The predicted molar refractivity (Wildman–Crippen MR) is 130 cm³/mol. The van der Waals surface area contributed by atoms with Gasteiger partial charge in [0.1, 0.15) is 5.01 Å². The summed E-state index contributed by atoms with van der Waals surface area (Å²) < 4.78 is 0. The second kappa shape index (κ2) is 10.7. The van der Waals surface area contributed by atoms with Gasteiger partial charge in [-0.1, -0.05) is 59.9 Å². The van der Waals surface area contributed by atoms with E-state index in [1.54, 1.807) is 48.2 Å². The lowest BCUT2D eigenvalue weighted by Crippen LogP contribution is -2.13. The Bertz CT molecular complexity index is 1180. The number of thioether (sulfide) groups is 1. The Morgan fingerprint density at radius 1 is 0.719 bits per heavy atom. The molecule has 8 heteroatoms. The lowest BCUT2D eigenvalue weighted by atomic mass is 10.1. The highest BCUT2D eigenvalue weighted by atomic mass is 32.2. The molecule has 0 radical (unpaired) electrons. The van der Waals surface area contributed by atoms with Gasteiger partial charge in [-0.05, 0) is 42.0 Å². The maximum atomic E-state index is 12.5. The first-order chi connectivity index (χ1) is 15.7. The highest BCUT2D eigenvalue weighted by Crippen LogP contribution is 2.23. The summed E-state index contributed by atoms with van der Waals surface area (Å²) in [6.07, 6.45) is 0. The Hall–Kier alpha value is -3.49. The number of nitrogens with one attached hydrogen (secondary N) is 2. The largest absolute Gasteiger partial charge is 0.322 e. The van der Waals surface area contributed by atoms with Crippen LogP contribution in [0.15, 0.2) is 84.9 Å². The number of benzene rings is 3. The molecule has 2 amide bonds. The molecule has 4 aromatic rings. The second-order valence-electron chi connectivity index (χ2n) is 6.83. The Labute approximate surface area is 194 Å². The van der Waals surface area contributed by atoms with Crippen molar-refractivity contribution >= 4 is 45.7 Å². The van der Waals surface area contributed by atoms with Crippen LogP contribution in [0.5, 0.6) is 0 Å².